The molecular formula is C21H17N2O+. The Morgan fingerprint density at radius 3 is 2.71 bits per heavy atom. The molecule has 0 aliphatic heterocycles. The number of aryl methyl sites for hydroxylation is 3. The molecule has 0 fully saturated rings. The standard InChI is InChI=1S/C21H17N2O/c1-13-9-10-23(3)17(11-13)19-14(2)7-8-16-20-15(12-22)5-4-6-18(20)24-21(16)19/h4-11H,1-3H3/q+1. The minimum absolute atomic E-state index is 0.648. The van der Waals surface area contributed by atoms with Crippen molar-refractivity contribution in [3.05, 3.63) is 65.4 Å². The number of nitriles is 1. The highest BCUT2D eigenvalue weighted by molar-refractivity contribution is 6.11. The number of fused-ring (bicyclic) bond motifs is 3. The maximum absolute atomic E-state index is 9.44. The van der Waals surface area contributed by atoms with Gasteiger partial charge >= 0.3 is 0 Å². The van der Waals surface area contributed by atoms with Crippen molar-refractivity contribution in [3.63, 3.8) is 0 Å². The van der Waals surface area contributed by atoms with E-state index in [9.17, 15) is 5.26 Å². The van der Waals surface area contributed by atoms with Crippen LogP contribution in [-0.4, -0.2) is 0 Å². The minimum atomic E-state index is 0.648. The highest BCUT2D eigenvalue weighted by atomic mass is 16.3. The Morgan fingerprint density at radius 1 is 1.08 bits per heavy atom. The van der Waals surface area contributed by atoms with Gasteiger partial charge in [-0.15, -0.1) is 0 Å². The van der Waals surface area contributed by atoms with Crippen molar-refractivity contribution >= 4 is 21.9 Å². The van der Waals surface area contributed by atoms with Crippen LogP contribution in [0.4, 0.5) is 0 Å². The maximum atomic E-state index is 9.44. The number of pyridine rings is 1. The quantitative estimate of drug-likeness (QED) is 0.483. The third kappa shape index (κ3) is 2.00. The van der Waals surface area contributed by atoms with Crippen LogP contribution in [-0.2, 0) is 7.05 Å². The van der Waals surface area contributed by atoms with Crippen LogP contribution in [0.2, 0.25) is 0 Å². The highest BCUT2D eigenvalue weighted by Gasteiger charge is 2.21. The van der Waals surface area contributed by atoms with Crippen molar-refractivity contribution in [1.82, 2.24) is 0 Å². The van der Waals surface area contributed by atoms with Crippen LogP contribution in [0.15, 0.2) is 53.1 Å². The van der Waals surface area contributed by atoms with Gasteiger partial charge in [0.15, 0.2) is 6.20 Å². The number of nitrogens with zero attached hydrogens (tertiary/aromatic N) is 2. The van der Waals surface area contributed by atoms with Gasteiger partial charge in [0.2, 0.25) is 5.69 Å². The van der Waals surface area contributed by atoms with Gasteiger partial charge in [0, 0.05) is 22.9 Å². The number of rotatable bonds is 1. The lowest BCUT2D eigenvalue weighted by molar-refractivity contribution is -0.660. The van der Waals surface area contributed by atoms with Gasteiger partial charge in [-0.05, 0) is 37.1 Å². The average Bonchev–Trinajstić information content (AvgIpc) is 2.95. The molecule has 0 aliphatic rings. The fourth-order valence-electron chi connectivity index (χ4n) is 3.32. The molecule has 0 spiro atoms. The number of furan rings is 1. The summed E-state index contributed by atoms with van der Waals surface area (Å²) >= 11 is 0. The van der Waals surface area contributed by atoms with E-state index in [0.717, 1.165) is 38.8 Å². The lowest BCUT2D eigenvalue weighted by Gasteiger charge is -2.06. The summed E-state index contributed by atoms with van der Waals surface area (Å²) in [5, 5.41) is 11.3. The second-order valence-electron chi connectivity index (χ2n) is 6.23. The van der Waals surface area contributed by atoms with E-state index in [0.29, 0.717) is 5.56 Å². The summed E-state index contributed by atoms with van der Waals surface area (Å²) in [6, 6.07) is 16.3. The van der Waals surface area contributed by atoms with Crippen LogP contribution in [0, 0.1) is 25.2 Å². The third-order valence-electron chi connectivity index (χ3n) is 4.56. The Kier molecular flexibility index (Phi) is 3.14. The molecule has 2 aromatic carbocycles. The number of benzene rings is 2. The van der Waals surface area contributed by atoms with Crippen LogP contribution >= 0.6 is 0 Å². The average molecular weight is 313 g/mol. The lowest BCUT2D eigenvalue weighted by Crippen LogP contribution is -2.30. The molecule has 116 valence electrons. The zero-order valence-corrected chi connectivity index (χ0v) is 13.9. The molecule has 4 rings (SSSR count). The summed E-state index contributed by atoms with van der Waals surface area (Å²) in [6.07, 6.45) is 2.06. The Hall–Kier alpha value is -3.12. The molecule has 0 saturated heterocycles. The summed E-state index contributed by atoms with van der Waals surface area (Å²) in [7, 11) is 2.04. The van der Waals surface area contributed by atoms with E-state index >= 15 is 0 Å². The second-order valence-corrected chi connectivity index (χ2v) is 6.23. The predicted molar refractivity (Wildman–Crippen MR) is 94.5 cm³/mol. The number of hydrogen-bond donors (Lipinski definition) is 0. The van der Waals surface area contributed by atoms with Gasteiger partial charge in [0.1, 0.15) is 18.2 Å². The predicted octanol–water partition coefficient (Wildman–Crippen LogP) is 4.57. The monoisotopic (exact) mass is 313 g/mol. The molecule has 2 heterocycles. The first-order valence-corrected chi connectivity index (χ1v) is 7.91. The topological polar surface area (TPSA) is 40.8 Å². The van der Waals surface area contributed by atoms with Crippen molar-refractivity contribution in [1.29, 1.82) is 5.26 Å². The van der Waals surface area contributed by atoms with E-state index in [-0.39, 0.29) is 0 Å². The fourth-order valence-corrected chi connectivity index (χ4v) is 3.32. The zero-order valence-electron chi connectivity index (χ0n) is 13.9. The SMILES string of the molecule is Cc1cc[n+](C)c(-c2c(C)ccc3c2oc2cccc(C#N)c23)c1. The first kappa shape index (κ1) is 14.5. The fraction of sp³-hybridized carbons (Fsp3) is 0.143. The van der Waals surface area contributed by atoms with Gasteiger partial charge in [-0.1, -0.05) is 18.2 Å². The van der Waals surface area contributed by atoms with Gasteiger partial charge < -0.3 is 4.42 Å². The summed E-state index contributed by atoms with van der Waals surface area (Å²) in [4.78, 5) is 0. The van der Waals surface area contributed by atoms with Crippen molar-refractivity contribution in [3.8, 4) is 17.3 Å². The summed E-state index contributed by atoms with van der Waals surface area (Å²) in [5.74, 6) is 0. The first-order valence-electron chi connectivity index (χ1n) is 7.91. The van der Waals surface area contributed by atoms with Crippen LogP contribution in [0.25, 0.3) is 33.2 Å². The molecule has 0 unspecified atom stereocenters. The molecule has 3 nitrogen and oxygen atoms in total. The van der Waals surface area contributed by atoms with Gasteiger partial charge in [-0.25, -0.2) is 4.57 Å². The first-order chi connectivity index (χ1) is 11.6. The van der Waals surface area contributed by atoms with E-state index in [1.165, 1.54) is 5.56 Å². The van der Waals surface area contributed by atoms with Gasteiger partial charge in [-0.3, -0.25) is 0 Å². The lowest BCUT2D eigenvalue weighted by atomic mass is 9.99. The third-order valence-corrected chi connectivity index (χ3v) is 4.56. The number of aromatic nitrogens is 1. The van der Waals surface area contributed by atoms with Crippen LogP contribution in [0.3, 0.4) is 0 Å². The summed E-state index contributed by atoms with van der Waals surface area (Å²) in [5.41, 5.74) is 6.79. The Balaban J connectivity index is 2.19. The van der Waals surface area contributed by atoms with Gasteiger partial charge in [0.05, 0.1) is 17.2 Å². The largest absolute Gasteiger partial charge is 0.455 e. The smallest absolute Gasteiger partial charge is 0.216 e. The Morgan fingerprint density at radius 2 is 1.92 bits per heavy atom. The highest BCUT2D eigenvalue weighted by Crippen LogP contribution is 2.38. The molecule has 0 saturated carbocycles. The van der Waals surface area contributed by atoms with Crippen LogP contribution < -0.4 is 4.57 Å². The van der Waals surface area contributed by atoms with Gasteiger partial charge in [0.25, 0.3) is 0 Å². The Bertz CT molecular complexity index is 1150. The maximum Gasteiger partial charge on any atom is 0.216 e. The molecule has 24 heavy (non-hydrogen) atoms. The number of hydrogen-bond acceptors (Lipinski definition) is 2. The van der Waals surface area contributed by atoms with E-state index < -0.39 is 0 Å². The van der Waals surface area contributed by atoms with Crippen molar-refractivity contribution in [2.45, 2.75) is 13.8 Å². The van der Waals surface area contributed by atoms with E-state index in [2.05, 4.69) is 54.9 Å². The van der Waals surface area contributed by atoms with E-state index in [1.54, 1.807) is 0 Å². The summed E-state index contributed by atoms with van der Waals surface area (Å²) in [6.45, 7) is 4.18. The molecule has 0 aliphatic carbocycles. The van der Waals surface area contributed by atoms with Crippen LogP contribution in [0.5, 0.6) is 0 Å². The van der Waals surface area contributed by atoms with Crippen LogP contribution in [0.1, 0.15) is 16.7 Å². The van der Waals surface area contributed by atoms with E-state index in [1.807, 2.05) is 25.2 Å². The van der Waals surface area contributed by atoms with Crippen molar-refractivity contribution < 1.29 is 8.98 Å². The van der Waals surface area contributed by atoms with Crippen molar-refractivity contribution in [2.24, 2.45) is 7.05 Å². The molecule has 0 bridgehead atoms. The Labute approximate surface area is 140 Å². The van der Waals surface area contributed by atoms with Gasteiger partial charge in [-0.2, -0.15) is 5.26 Å². The molecule has 2 aromatic heterocycles. The second kappa shape index (κ2) is 5.21. The van der Waals surface area contributed by atoms with E-state index in [4.69, 9.17) is 4.42 Å². The minimum Gasteiger partial charge on any atom is -0.455 e. The molecule has 0 amide bonds. The molecule has 0 atom stereocenters. The molecule has 0 N–H and O–H groups in total. The molecule has 0 radical (unpaired) electrons. The van der Waals surface area contributed by atoms with Crippen molar-refractivity contribution in [2.75, 3.05) is 0 Å². The zero-order chi connectivity index (χ0) is 16.8. The summed E-state index contributed by atoms with van der Waals surface area (Å²) < 4.78 is 8.30. The molecule has 4 aromatic rings. The normalized spacial score (nSPS) is 11.1. The molecule has 3 heteroatoms. The molecular weight excluding hydrogens is 296 g/mol.